The van der Waals surface area contributed by atoms with E-state index < -0.39 is 28.6 Å². The summed E-state index contributed by atoms with van der Waals surface area (Å²) in [5.41, 5.74) is 0. The summed E-state index contributed by atoms with van der Waals surface area (Å²) in [4.78, 5) is 53.2. The van der Waals surface area contributed by atoms with E-state index in [-0.39, 0.29) is 46.1 Å². The molecule has 0 fully saturated rings. The molecule has 0 saturated carbocycles. The molecule has 0 heterocycles. The fraction of sp³-hybridized carbons (Fsp3) is 0.778. The average molecular weight is 485 g/mol. The number of hydrogen-bond donors (Lipinski definition) is 0. The number of ketones is 2. The predicted octanol–water partition coefficient (Wildman–Crippen LogP) is 4.11. The van der Waals surface area contributed by atoms with Gasteiger partial charge in [-0.05, 0) is 52.1 Å². The molecule has 0 unspecified atom stereocenters. The van der Waals surface area contributed by atoms with E-state index in [1.54, 1.807) is 0 Å². The van der Waals surface area contributed by atoms with Gasteiger partial charge in [0.25, 0.3) is 0 Å². The van der Waals surface area contributed by atoms with Crippen LogP contribution in [-0.4, -0.2) is 40.1 Å². The Morgan fingerprint density at radius 1 is 0.621 bits per heavy atom. The molecule has 0 aromatic heterocycles. The molecule has 0 aromatic rings. The molecule has 0 amide bonds. The van der Waals surface area contributed by atoms with Crippen LogP contribution in [0.4, 0.5) is 0 Å². The first-order valence-electron chi connectivity index (χ1n) is 9.50. The zero-order chi connectivity index (χ0) is 22.4. The van der Waals surface area contributed by atoms with E-state index in [0.717, 1.165) is 12.8 Å². The van der Waals surface area contributed by atoms with Crippen LogP contribution < -0.4 is 0 Å². The predicted molar refractivity (Wildman–Crippen MR) is 110 cm³/mol. The second-order valence-corrected chi connectivity index (χ2v) is 17.0. The quantitative estimate of drug-likeness (QED) is 0.176. The molecule has 0 atom stereocenters. The molecular formula is C18H36O8Si2Ti. The fourth-order valence-electron chi connectivity index (χ4n) is 1.46. The summed E-state index contributed by atoms with van der Waals surface area (Å²) >= 11 is 0. The van der Waals surface area contributed by atoms with Crippen molar-refractivity contribution in [3.63, 3.8) is 0 Å². The molecule has 0 bridgehead atoms. The summed E-state index contributed by atoms with van der Waals surface area (Å²) in [6.07, 6.45) is 1.97. The molecule has 11 heteroatoms. The number of Topliss-reactive ketones (excluding diaryl/α,β-unsaturated/α-hetero) is 2. The monoisotopic (exact) mass is 484 g/mol. The van der Waals surface area contributed by atoms with Gasteiger partial charge >= 0.3 is 11.9 Å². The molecule has 29 heavy (non-hydrogen) atoms. The Morgan fingerprint density at radius 2 is 0.897 bits per heavy atom. The van der Waals surface area contributed by atoms with Crippen molar-refractivity contribution in [1.82, 2.24) is 0 Å². The maximum atomic E-state index is 11.0. The standard InChI is InChI=1S/2C9H18O4Si.Ti/c2*1-5-6-8(10)7-9(11)12-13-14(2,3)4;/h2*5-7H2,1-4H3;. The molecule has 0 aliphatic rings. The molecule has 0 spiro atoms. The van der Waals surface area contributed by atoms with Crippen molar-refractivity contribution in [3.8, 4) is 0 Å². The summed E-state index contributed by atoms with van der Waals surface area (Å²) in [5.74, 6) is -1.38. The Kier molecular flexibility index (Phi) is 19.4. The van der Waals surface area contributed by atoms with E-state index in [1.807, 2.05) is 53.1 Å². The van der Waals surface area contributed by atoms with E-state index >= 15 is 0 Å². The van der Waals surface area contributed by atoms with Gasteiger partial charge in [-0.2, -0.15) is 0 Å². The number of carbonyl (C=O) groups is 4. The third kappa shape index (κ3) is 27.3. The van der Waals surface area contributed by atoms with Crippen LogP contribution in [0, 0.1) is 0 Å². The maximum Gasteiger partial charge on any atom is 0.348 e. The first kappa shape index (κ1) is 33.0. The number of rotatable bonds is 12. The first-order chi connectivity index (χ1) is 12.7. The van der Waals surface area contributed by atoms with E-state index in [9.17, 15) is 19.2 Å². The van der Waals surface area contributed by atoms with Crippen molar-refractivity contribution in [2.24, 2.45) is 0 Å². The summed E-state index contributed by atoms with van der Waals surface area (Å²) < 4.78 is 9.81. The van der Waals surface area contributed by atoms with Crippen LogP contribution in [0.2, 0.25) is 39.3 Å². The molecular weight excluding hydrogens is 448 g/mol. The number of carbonyl (C=O) groups excluding carboxylic acids is 4. The number of hydrogen-bond acceptors (Lipinski definition) is 8. The third-order valence-electron chi connectivity index (χ3n) is 2.51. The van der Waals surface area contributed by atoms with Crippen LogP contribution in [0.5, 0.6) is 0 Å². The molecule has 0 rings (SSSR count). The third-order valence-corrected chi connectivity index (χ3v) is 3.68. The largest absolute Gasteiger partial charge is 0.348 e. The van der Waals surface area contributed by atoms with Crippen LogP contribution >= 0.6 is 0 Å². The summed E-state index contributed by atoms with van der Waals surface area (Å²) in [6, 6.07) is 0. The van der Waals surface area contributed by atoms with Gasteiger partial charge in [0.2, 0.25) is 16.6 Å². The van der Waals surface area contributed by atoms with Crippen molar-refractivity contribution < 1.29 is 59.8 Å². The molecule has 0 aliphatic carbocycles. The van der Waals surface area contributed by atoms with Gasteiger partial charge in [-0.15, -0.1) is 0 Å². The Labute approximate surface area is 191 Å². The van der Waals surface area contributed by atoms with Crippen LogP contribution in [0.1, 0.15) is 52.4 Å². The van der Waals surface area contributed by atoms with Gasteiger partial charge in [0.05, 0.1) is 0 Å². The van der Waals surface area contributed by atoms with E-state index in [2.05, 4.69) is 9.78 Å². The summed E-state index contributed by atoms with van der Waals surface area (Å²) in [6.45, 7) is 15.2. The van der Waals surface area contributed by atoms with Crippen LogP contribution in [0.25, 0.3) is 0 Å². The van der Waals surface area contributed by atoms with Crippen LogP contribution in [0.3, 0.4) is 0 Å². The topological polar surface area (TPSA) is 105 Å². The minimum atomic E-state index is -1.84. The van der Waals surface area contributed by atoms with Gasteiger partial charge < -0.3 is 9.78 Å². The van der Waals surface area contributed by atoms with Crippen molar-refractivity contribution in [2.75, 3.05) is 0 Å². The van der Waals surface area contributed by atoms with Crippen LogP contribution in [0.15, 0.2) is 0 Å². The van der Waals surface area contributed by atoms with Gasteiger partial charge in [0.15, 0.2) is 0 Å². The maximum absolute atomic E-state index is 11.0. The average Bonchev–Trinajstić information content (AvgIpc) is 2.51. The van der Waals surface area contributed by atoms with Gasteiger partial charge in [-0.25, -0.2) is 18.7 Å². The van der Waals surface area contributed by atoms with Crippen molar-refractivity contribution in [3.05, 3.63) is 0 Å². The van der Waals surface area contributed by atoms with Gasteiger partial charge in [0, 0.05) is 34.6 Å². The minimum absolute atomic E-state index is 0. The normalized spacial score (nSPS) is 10.8. The smallest absolute Gasteiger partial charge is 0.310 e. The molecule has 0 radical (unpaired) electrons. The summed E-state index contributed by atoms with van der Waals surface area (Å²) in [7, 11) is -3.69. The van der Waals surface area contributed by atoms with Crippen molar-refractivity contribution in [1.29, 1.82) is 0 Å². The van der Waals surface area contributed by atoms with Gasteiger partial charge in [0.1, 0.15) is 24.4 Å². The molecule has 0 aromatic carbocycles. The molecule has 168 valence electrons. The van der Waals surface area contributed by atoms with Crippen molar-refractivity contribution >= 4 is 40.1 Å². The molecule has 0 saturated heterocycles. The van der Waals surface area contributed by atoms with Gasteiger partial charge in [-0.3, -0.25) is 9.59 Å². The second-order valence-electron chi connectivity index (χ2n) is 8.23. The van der Waals surface area contributed by atoms with Crippen LogP contribution in [-0.2, 0) is 59.8 Å². The Bertz CT molecular complexity index is 467. The van der Waals surface area contributed by atoms with E-state index in [0.29, 0.717) is 12.8 Å². The van der Waals surface area contributed by atoms with E-state index in [1.165, 1.54) is 0 Å². The SMILES string of the molecule is CCCC(=O)CC(=O)OO[Si](C)(C)C.CCCC(=O)CC(=O)OO[Si](C)(C)C.[Ti]. The van der Waals surface area contributed by atoms with Crippen molar-refractivity contribution in [2.45, 2.75) is 91.7 Å². The molecule has 0 N–H and O–H groups in total. The summed E-state index contributed by atoms with van der Waals surface area (Å²) in [5, 5.41) is 0. The van der Waals surface area contributed by atoms with Gasteiger partial charge in [-0.1, -0.05) is 13.8 Å². The Hall–Kier alpha value is -0.652. The first-order valence-corrected chi connectivity index (χ1v) is 16.3. The Balaban J connectivity index is -0.000000451. The minimum Gasteiger partial charge on any atom is -0.310 e. The zero-order valence-electron chi connectivity index (χ0n) is 19.0. The second kappa shape index (κ2) is 17.1. The van der Waals surface area contributed by atoms with E-state index in [4.69, 9.17) is 9.15 Å². The molecule has 0 aliphatic heterocycles. The Morgan fingerprint density at radius 3 is 1.10 bits per heavy atom. The fourth-order valence-corrected chi connectivity index (χ4v) is 2.14. The molecule has 8 nitrogen and oxygen atoms in total. The zero-order valence-corrected chi connectivity index (χ0v) is 22.6.